The van der Waals surface area contributed by atoms with Crippen molar-refractivity contribution >= 4 is 21.6 Å². The lowest BCUT2D eigenvalue weighted by Crippen LogP contribution is -2.36. The number of rotatable bonds is 6. The standard InChI is InChI=1S/C26H23N5O3S/c1-17-27-24(30-34-17)19-8-5-9-20(14-19)33-25-23-21(18-6-3-2-4-7-18)16-35-26(23)29-22(28-25)15-31-10-12-32-13-11-31/h2-9,14,16H,10-13,15H2,1H3. The van der Waals surface area contributed by atoms with E-state index in [9.17, 15) is 0 Å². The number of aryl methyl sites for hydroxylation is 1. The highest BCUT2D eigenvalue weighted by Gasteiger charge is 2.20. The second kappa shape index (κ2) is 9.53. The molecule has 1 aliphatic heterocycles. The van der Waals surface area contributed by atoms with Crippen LogP contribution < -0.4 is 4.74 Å². The van der Waals surface area contributed by atoms with Gasteiger partial charge in [-0.1, -0.05) is 47.6 Å². The lowest BCUT2D eigenvalue weighted by Gasteiger charge is -2.25. The Kier molecular flexibility index (Phi) is 5.95. The third-order valence-electron chi connectivity index (χ3n) is 5.83. The van der Waals surface area contributed by atoms with Gasteiger partial charge in [0, 0.05) is 36.5 Å². The number of ether oxygens (including phenoxy) is 2. The van der Waals surface area contributed by atoms with Crippen LogP contribution in [0.25, 0.3) is 32.7 Å². The number of thiophene rings is 1. The lowest BCUT2D eigenvalue weighted by atomic mass is 10.1. The maximum atomic E-state index is 6.44. The van der Waals surface area contributed by atoms with Gasteiger partial charge in [0.15, 0.2) is 0 Å². The van der Waals surface area contributed by atoms with Crippen LogP contribution in [0.5, 0.6) is 11.6 Å². The first-order valence-electron chi connectivity index (χ1n) is 11.5. The number of nitrogens with zero attached hydrogens (tertiary/aromatic N) is 5. The maximum Gasteiger partial charge on any atom is 0.232 e. The molecule has 0 saturated carbocycles. The molecule has 0 unspecified atom stereocenters. The molecule has 2 aromatic carbocycles. The highest BCUT2D eigenvalue weighted by atomic mass is 32.1. The summed E-state index contributed by atoms with van der Waals surface area (Å²) in [5, 5.41) is 7.06. The molecule has 6 rings (SSSR count). The molecule has 0 atom stereocenters. The van der Waals surface area contributed by atoms with E-state index in [0.717, 1.165) is 59.0 Å². The predicted molar refractivity (Wildman–Crippen MR) is 133 cm³/mol. The van der Waals surface area contributed by atoms with E-state index in [1.54, 1.807) is 18.3 Å². The summed E-state index contributed by atoms with van der Waals surface area (Å²) in [5.74, 6) is 2.96. The largest absolute Gasteiger partial charge is 0.438 e. The van der Waals surface area contributed by atoms with Crippen LogP contribution in [0.2, 0.25) is 0 Å². The second-order valence-electron chi connectivity index (χ2n) is 8.30. The molecule has 9 heteroatoms. The van der Waals surface area contributed by atoms with Gasteiger partial charge < -0.3 is 14.0 Å². The molecule has 0 radical (unpaired) electrons. The van der Waals surface area contributed by atoms with Gasteiger partial charge in [-0.3, -0.25) is 4.90 Å². The quantitative estimate of drug-likeness (QED) is 0.319. The van der Waals surface area contributed by atoms with Crippen LogP contribution in [0.1, 0.15) is 11.7 Å². The summed E-state index contributed by atoms with van der Waals surface area (Å²) in [6, 6.07) is 17.9. The van der Waals surface area contributed by atoms with E-state index < -0.39 is 0 Å². The molecule has 0 bridgehead atoms. The van der Waals surface area contributed by atoms with Gasteiger partial charge in [-0.25, -0.2) is 4.98 Å². The Morgan fingerprint density at radius 2 is 1.80 bits per heavy atom. The van der Waals surface area contributed by atoms with Crippen molar-refractivity contribution < 1.29 is 14.0 Å². The van der Waals surface area contributed by atoms with Crippen LogP contribution in [0.4, 0.5) is 0 Å². The molecule has 176 valence electrons. The topological polar surface area (TPSA) is 86.4 Å². The maximum absolute atomic E-state index is 6.44. The van der Waals surface area contributed by atoms with E-state index in [4.69, 9.17) is 24.0 Å². The van der Waals surface area contributed by atoms with Crippen molar-refractivity contribution in [3.8, 4) is 34.1 Å². The summed E-state index contributed by atoms with van der Waals surface area (Å²) in [7, 11) is 0. The Morgan fingerprint density at radius 3 is 2.60 bits per heavy atom. The van der Waals surface area contributed by atoms with Gasteiger partial charge in [0.2, 0.25) is 17.6 Å². The zero-order chi connectivity index (χ0) is 23.6. The Labute approximate surface area is 206 Å². The first kappa shape index (κ1) is 21.8. The van der Waals surface area contributed by atoms with Gasteiger partial charge in [-0.15, -0.1) is 11.3 Å². The summed E-state index contributed by atoms with van der Waals surface area (Å²) >= 11 is 1.61. The first-order valence-corrected chi connectivity index (χ1v) is 12.3. The molecule has 8 nitrogen and oxygen atoms in total. The fourth-order valence-electron chi connectivity index (χ4n) is 4.11. The Morgan fingerprint density at radius 1 is 0.971 bits per heavy atom. The van der Waals surface area contributed by atoms with Gasteiger partial charge in [-0.2, -0.15) is 9.97 Å². The van der Waals surface area contributed by atoms with E-state index >= 15 is 0 Å². The molecule has 35 heavy (non-hydrogen) atoms. The SMILES string of the molecule is Cc1nc(-c2cccc(Oc3nc(CN4CCOCC4)nc4scc(-c5ccccc5)c34)c2)no1. The van der Waals surface area contributed by atoms with Crippen LogP contribution in [0.3, 0.4) is 0 Å². The Bertz CT molecular complexity index is 1460. The van der Waals surface area contributed by atoms with Crippen molar-refractivity contribution in [1.82, 2.24) is 25.0 Å². The number of hydrogen-bond donors (Lipinski definition) is 0. The normalized spacial score (nSPS) is 14.4. The smallest absolute Gasteiger partial charge is 0.232 e. The monoisotopic (exact) mass is 485 g/mol. The zero-order valence-corrected chi connectivity index (χ0v) is 20.0. The van der Waals surface area contributed by atoms with Gasteiger partial charge in [0.1, 0.15) is 16.4 Å². The van der Waals surface area contributed by atoms with E-state index in [1.165, 1.54) is 0 Å². The number of benzene rings is 2. The van der Waals surface area contributed by atoms with E-state index in [2.05, 4.69) is 32.6 Å². The lowest BCUT2D eigenvalue weighted by molar-refractivity contribution is 0.0330. The molecule has 0 N–H and O–H groups in total. The predicted octanol–water partition coefficient (Wildman–Crippen LogP) is 5.34. The molecular formula is C26H23N5O3S. The van der Waals surface area contributed by atoms with Gasteiger partial charge in [0.25, 0.3) is 0 Å². The molecule has 1 fully saturated rings. The molecule has 0 spiro atoms. The highest BCUT2D eigenvalue weighted by molar-refractivity contribution is 7.17. The minimum atomic E-state index is 0.516. The molecule has 0 aliphatic carbocycles. The third-order valence-corrected chi connectivity index (χ3v) is 6.71. The van der Waals surface area contributed by atoms with E-state index in [-0.39, 0.29) is 0 Å². The van der Waals surface area contributed by atoms with Crippen LogP contribution >= 0.6 is 11.3 Å². The Balaban J connectivity index is 1.41. The zero-order valence-electron chi connectivity index (χ0n) is 19.2. The summed E-state index contributed by atoms with van der Waals surface area (Å²) in [6.07, 6.45) is 0. The van der Waals surface area contributed by atoms with Crippen molar-refractivity contribution in [2.75, 3.05) is 26.3 Å². The minimum Gasteiger partial charge on any atom is -0.438 e. The van der Waals surface area contributed by atoms with Crippen molar-refractivity contribution in [2.45, 2.75) is 13.5 Å². The fraction of sp³-hybridized carbons (Fsp3) is 0.231. The van der Waals surface area contributed by atoms with Crippen LogP contribution in [0, 0.1) is 6.92 Å². The number of hydrogen-bond acceptors (Lipinski definition) is 9. The van der Waals surface area contributed by atoms with Crippen LogP contribution in [0.15, 0.2) is 64.5 Å². The minimum absolute atomic E-state index is 0.516. The van der Waals surface area contributed by atoms with Crippen molar-refractivity contribution in [2.24, 2.45) is 0 Å². The number of fused-ring (bicyclic) bond motifs is 1. The number of aromatic nitrogens is 4. The molecule has 4 heterocycles. The molecular weight excluding hydrogens is 462 g/mol. The summed E-state index contributed by atoms with van der Waals surface area (Å²) < 4.78 is 17.1. The van der Waals surface area contributed by atoms with Gasteiger partial charge in [-0.05, 0) is 17.7 Å². The summed E-state index contributed by atoms with van der Waals surface area (Å²) in [6.45, 7) is 5.60. The van der Waals surface area contributed by atoms with Gasteiger partial charge >= 0.3 is 0 Å². The number of morpholine rings is 1. The van der Waals surface area contributed by atoms with Crippen molar-refractivity contribution in [1.29, 1.82) is 0 Å². The molecule has 1 aliphatic rings. The van der Waals surface area contributed by atoms with Crippen molar-refractivity contribution in [3.63, 3.8) is 0 Å². The second-order valence-corrected chi connectivity index (χ2v) is 9.15. The molecule has 5 aromatic rings. The Hall–Kier alpha value is -3.66. The molecule has 3 aromatic heterocycles. The van der Waals surface area contributed by atoms with E-state index in [1.807, 2.05) is 42.5 Å². The van der Waals surface area contributed by atoms with Crippen molar-refractivity contribution in [3.05, 3.63) is 71.7 Å². The summed E-state index contributed by atoms with van der Waals surface area (Å²) in [4.78, 5) is 17.3. The highest BCUT2D eigenvalue weighted by Crippen LogP contribution is 2.40. The van der Waals surface area contributed by atoms with E-state index in [0.29, 0.717) is 29.9 Å². The average molecular weight is 486 g/mol. The molecule has 1 saturated heterocycles. The third kappa shape index (κ3) is 4.66. The molecule has 0 amide bonds. The average Bonchev–Trinajstić information content (AvgIpc) is 3.52. The van der Waals surface area contributed by atoms with Crippen LogP contribution in [-0.4, -0.2) is 51.3 Å². The van der Waals surface area contributed by atoms with Gasteiger partial charge in [0.05, 0.1) is 25.1 Å². The van der Waals surface area contributed by atoms with Crippen LogP contribution in [-0.2, 0) is 11.3 Å². The summed E-state index contributed by atoms with van der Waals surface area (Å²) in [5.41, 5.74) is 2.97. The fourth-order valence-corrected chi connectivity index (χ4v) is 5.07. The first-order chi connectivity index (χ1) is 17.2.